The van der Waals surface area contributed by atoms with Gasteiger partial charge in [0.2, 0.25) is 5.71 Å². The van der Waals surface area contributed by atoms with Crippen molar-refractivity contribution in [1.82, 2.24) is 15.0 Å². The summed E-state index contributed by atoms with van der Waals surface area (Å²) in [5.41, 5.74) is 9.21. The molecular formula is C40H45GeIrN3O-2. The summed E-state index contributed by atoms with van der Waals surface area (Å²) in [5.74, 6) is 8.55. The molecule has 4 heterocycles. The summed E-state index contributed by atoms with van der Waals surface area (Å²) in [7, 11) is 0. The zero-order chi connectivity index (χ0) is 32.1. The van der Waals surface area contributed by atoms with Gasteiger partial charge in [0, 0.05) is 37.4 Å². The molecule has 0 saturated carbocycles. The van der Waals surface area contributed by atoms with Crippen LogP contribution in [0.15, 0.2) is 83.5 Å². The molecule has 4 nitrogen and oxygen atoms in total. The third-order valence-electron chi connectivity index (χ3n) is 8.35. The first-order valence-corrected chi connectivity index (χ1v) is 23.6. The fourth-order valence-electron chi connectivity index (χ4n) is 5.98. The van der Waals surface area contributed by atoms with Crippen molar-refractivity contribution in [3.63, 3.8) is 0 Å². The minimum atomic E-state index is -1.86. The molecule has 241 valence electrons. The van der Waals surface area contributed by atoms with Crippen LogP contribution in [-0.2, 0) is 26.5 Å². The molecule has 0 amide bonds. The van der Waals surface area contributed by atoms with E-state index in [0.29, 0.717) is 17.5 Å². The zero-order valence-electron chi connectivity index (χ0n) is 28.4. The van der Waals surface area contributed by atoms with E-state index in [1.165, 1.54) is 11.1 Å². The molecule has 6 aromatic rings. The van der Waals surface area contributed by atoms with Gasteiger partial charge in [0.1, 0.15) is 0 Å². The van der Waals surface area contributed by atoms with Crippen LogP contribution in [0.4, 0.5) is 0 Å². The molecule has 0 saturated heterocycles. The fourth-order valence-corrected chi connectivity index (χ4v) is 9.32. The van der Waals surface area contributed by atoms with E-state index < -0.39 is 13.3 Å². The first-order chi connectivity index (χ1) is 21.6. The number of hydrogen-bond donors (Lipinski definition) is 0. The van der Waals surface area contributed by atoms with Crippen molar-refractivity contribution >= 4 is 39.7 Å². The Hall–Kier alpha value is -3.12. The molecule has 6 heteroatoms. The summed E-state index contributed by atoms with van der Waals surface area (Å²) < 4.78 is 7.63. The van der Waals surface area contributed by atoms with Crippen LogP contribution in [0.5, 0.6) is 0 Å². The minimum Gasteiger partial charge on any atom is -0.486 e. The van der Waals surface area contributed by atoms with Crippen LogP contribution in [0, 0.1) is 25.0 Å². The van der Waals surface area contributed by atoms with Crippen LogP contribution in [-0.4, -0.2) is 28.2 Å². The fraction of sp³-hybridized carbons (Fsp3) is 0.325. The number of aryl methyl sites for hydroxylation is 1. The summed E-state index contributed by atoms with van der Waals surface area (Å²) in [4.78, 5) is 13.8. The van der Waals surface area contributed by atoms with Gasteiger partial charge >= 0.3 is 126 Å². The van der Waals surface area contributed by atoms with Gasteiger partial charge in [-0.3, -0.25) is 0 Å². The SMILES string of the molecule is CC(C)Cc1cc(-c2[c-]cccc2)nc[c]1[Ge]([CH3])([CH3])[CH3].CCC(CC)c1ccnc(-c2[c-]ccc3c2oc2nc(C)ccc23)c1.[Ir]. The van der Waals surface area contributed by atoms with E-state index in [-0.39, 0.29) is 20.1 Å². The zero-order valence-corrected chi connectivity index (χ0v) is 32.9. The van der Waals surface area contributed by atoms with Crippen molar-refractivity contribution in [2.24, 2.45) is 5.92 Å². The van der Waals surface area contributed by atoms with Gasteiger partial charge in [-0.05, 0) is 49.6 Å². The smallest absolute Gasteiger partial charge is 0.216 e. The summed E-state index contributed by atoms with van der Waals surface area (Å²) in [6.45, 7) is 11.0. The average molecular weight is 849 g/mol. The third-order valence-corrected chi connectivity index (χ3v) is 12.7. The van der Waals surface area contributed by atoms with E-state index in [1.54, 1.807) is 4.40 Å². The predicted octanol–water partition coefficient (Wildman–Crippen LogP) is 10.3. The Morgan fingerprint density at radius 1 is 0.848 bits per heavy atom. The summed E-state index contributed by atoms with van der Waals surface area (Å²) in [5, 5.41) is 2.10. The van der Waals surface area contributed by atoms with Crippen molar-refractivity contribution in [3.8, 4) is 22.5 Å². The molecule has 0 atom stereocenters. The Bertz CT molecular complexity index is 1890. The molecule has 0 aliphatic heterocycles. The summed E-state index contributed by atoms with van der Waals surface area (Å²) in [6, 6.07) is 29.3. The maximum Gasteiger partial charge on any atom is 0.216 e. The first kappa shape index (κ1) is 35.7. The quantitative estimate of drug-likeness (QED) is 0.113. The van der Waals surface area contributed by atoms with Gasteiger partial charge in [0.15, 0.2) is 0 Å². The molecule has 0 aliphatic carbocycles. The van der Waals surface area contributed by atoms with Gasteiger partial charge in [-0.15, -0.1) is 18.2 Å². The summed E-state index contributed by atoms with van der Waals surface area (Å²) in [6.07, 6.45) is 7.41. The topological polar surface area (TPSA) is 51.8 Å². The van der Waals surface area contributed by atoms with Gasteiger partial charge in [0.05, 0.1) is 5.58 Å². The van der Waals surface area contributed by atoms with Crippen LogP contribution in [0.1, 0.15) is 63.3 Å². The molecule has 0 aliphatic rings. The average Bonchev–Trinajstić information content (AvgIpc) is 3.39. The molecule has 2 aromatic carbocycles. The molecule has 0 N–H and O–H groups in total. The van der Waals surface area contributed by atoms with Crippen LogP contribution in [0.2, 0.25) is 17.3 Å². The van der Waals surface area contributed by atoms with Crippen LogP contribution in [0.25, 0.3) is 44.6 Å². The Morgan fingerprint density at radius 2 is 1.63 bits per heavy atom. The van der Waals surface area contributed by atoms with Crippen LogP contribution in [0.3, 0.4) is 0 Å². The Labute approximate surface area is 291 Å². The molecule has 4 aromatic heterocycles. The number of fused-ring (bicyclic) bond motifs is 3. The molecule has 0 spiro atoms. The second-order valence-electron chi connectivity index (χ2n) is 13.3. The molecule has 0 unspecified atom stereocenters. The van der Waals surface area contributed by atoms with Gasteiger partial charge in [0.25, 0.3) is 0 Å². The maximum absolute atomic E-state index is 6.09. The van der Waals surface area contributed by atoms with Crippen molar-refractivity contribution < 1.29 is 24.5 Å². The Balaban J connectivity index is 0.000000210. The van der Waals surface area contributed by atoms with Gasteiger partial charge in [-0.2, -0.15) is 0 Å². The van der Waals surface area contributed by atoms with Crippen molar-refractivity contribution in [2.45, 2.75) is 77.1 Å². The number of furan rings is 1. The van der Waals surface area contributed by atoms with Crippen molar-refractivity contribution in [2.75, 3.05) is 0 Å². The second-order valence-corrected chi connectivity index (χ2v) is 23.9. The first-order valence-electron chi connectivity index (χ1n) is 16.2. The van der Waals surface area contributed by atoms with E-state index in [2.05, 4.69) is 104 Å². The van der Waals surface area contributed by atoms with Gasteiger partial charge < -0.3 is 9.40 Å². The number of aromatic nitrogens is 3. The third kappa shape index (κ3) is 8.23. The molecule has 1 radical (unpaired) electrons. The number of rotatable bonds is 8. The van der Waals surface area contributed by atoms with E-state index in [0.717, 1.165) is 63.8 Å². The molecule has 6 rings (SSSR count). The van der Waals surface area contributed by atoms with E-state index >= 15 is 0 Å². The van der Waals surface area contributed by atoms with Crippen molar-refractivity contribution in [3.05, 3.63) is 108 Å². The largest absolute Gasteiger partial charge is 0.486 e. The van der Waals surface area contributed by atoms with Gasteiger partial charge in [-0.1, -0.05) is 36.4 Å². The Morgan fingerprint density at radius 3 is 2.30 bits per heavy atom. The molecule has 0 bridgehead atoms. The van der Waals surface area contributed by atoms with Crippen molar-refractivity contribution in [1.29, 1.82) is 0 Å². The van der Waals surface area contributed by atoms with E-state index in [1.807, 2.05) is 49.5 Å². The molecule has 46 heavy (non-hydrogen) atoms. The second kappa shape index (κ2) is 15.6. The maximum atomic E-state index is 6.09. The van der Waals surface area contributed by atoms with E-state index in [9.17, 15) is 0 Å². The number of nitrogens with zero attached hydrogens (tertiary/aromatic N) is 3. The number of benzene rings is 2. The molecular weight excluding hydrogens is 803 g/mol. The monoisotopic (exact) mass is 850 g/mol. The minimum absolute atomic E-state index is 0. The normalized spacial score (nSPS) is 11.5. The standard InChI is InChI=1S/C22H21N2O.C18H24GeN.Ir/c1-4-15(5-2)16-11-12-23-20(13-16)19-8-6-7-17-18-10-9-14(3)24-22(18)25-21(17)19;1-14(2)11-16-12-18(15-9-7-6-8-10-15)20-13-17(16)19(3,4)5;/h6-7,9-13,15H,4-5H2,1-3H3;6-9,12-14H,11H2,1-5H3;/q2*-1;. The number of hydrogen-bond acceptors (Lipinski definition) is 4. The van der Waals surface area contributed by atoms with E-state index in [4.69, 9.17) is 9.40 Å². The van der Waals surface area contributed by atoms with Crippen LogP contribution < -0.4 is 4.40 Å². The predicted molar refractivity (Wildman–Crippen MR) is 192 cm³/mol. The van der Waals surface area contributed by atoms with Gasteiger partial charge in [-0.25, -0.2) is 4.98 Å². The Kier molecular flexibility index (Phi) is 12.2. The number of pyridine rings is 3. The summed E-state index contributed by atoms with van der Waals surface area (Å²) >= 11 is -1.86. The van der Waals surface area contributed by atoms with Crippen LogP contribution >= 0.6 is 0 Å². The molecule has 0 fully saturated rings.